The van der Waals surface area contributed by atoms with E-state index in [1.165, 1.54) is 15.7 Å². The first-order valence-electron chi connectivity index (χ1n) is 9.99. The van der Waals surface area contributed by atoms with E-state index < -0.39 is 28.6 Å². The van der Waals surface area contributed by atoms with Gasteiger partial charge in [-0.2, -0.15) is 0 Å². The Kier molecular flexibility index (Phi) is 6.24. The number of aromatic nitrogens is 1. The fourth-order valence-electron chi connectivity index (χ4n) is 4.75. The molecule has 2 heterocycles. The average molecular weight is 427 g/mol. The highest BCUT2D eigenvalue weighted by atomic mass is 35.5. The predicted molar refractivity (Wildman–Crippen MR) is 106 cm³/mol. The molecule has 1 atom stereocenters. The first-order valence-corrected chi connectivity index (χ1v) is 10.4. The number of likely N-dealkylation sites (tertiary alicyclic amines) is 1. The van der Waals surface area contributed by atoms with Gasteiger partial charge in [-0.25, -0.2) is 9.59 Å². The zero-order valence-corrected chi connectivity index (χ0v) is 17.3. The highest BCUT2D eigenvalue weighted by Gasteiger charge is 2.54. The largest absolute Gasteiger partial charge is 0.465 e. The zero-order valence-electron chi connectivity index (χ0n) is 16.5. The number of pyridine rings is 1. The second-order valence-electron chi connectivity index (χ2n) is 8.05. The predicted octanol–water partition coefficient (Wildman–Crippen LogP) is 2.74. The van der Waals surface area contributed by atoms with Gasteiger partial charge in [0, 0.05) is 30.8 Å². The number of hydrogen-bond donors (Lipinski definition) is 2. The van der Waals surface area contributed by atoms with Crippen molar-refractivity contribution >= 4 is 23.7 Å². The van der Waals surface area contributed by atoms with Crippen LogP contribution in [0.5, 0.6) is 0 Å². The standard InChI is InChI=1S/C20H27ClN2O6/c1-2-29-17(25)14-11-23(16(24)10-15(14)21)13-20(28)8-9-22(18(26)27)12-19(20)6-4-3-5-7-19/h10-11,28H,2-9,12-13H2,1H3,(H,26,27). The minimum atomic E-state index is -1.26. The van der Waals surface area contributed by atoms with Gasteiger partial charge in [0.05, 0.1) is 29.3 Å². The molecular weight excluding hydrogens is 400 g/mol. The Balaban J connectivity index is 1.96. The number of halogens is 1. The lowest BCUT2D eigenvalue weighted by Crippen LogP contribution is -2.63. The third-order valence-electron chi connectivity index (χ3n) is 6.36. The van der Waals surface area contributed by atoms with Crippen molar-refractivity contribution in [1.82, 2.24) is 9.47 Å². The molecule has 1 aromatic heterocycles. The summed E-state index contributed by atoms with van der Waals surface area (Å²) in [4.78, 5) is 37.6. The third kappa shape index (κ3) is 4.14. The van der Waals surface area contributed by atoms with Crippen molar-refractivity contribution in [3.05, 3.63) is 33.2 Å². The van der Waals surface area contributed by atoms with Crippen LogP contribution < -0.4 is 5.56 Å². The van der Waals surface area contributed by atoms with Crippen LogP contribution in [-0.4, -0.2) is 57.0 Å². The molecule has 2 fully saturated rings. The minimum Gasteiger partial charge on any atom is -0.465 e. The Hall–Kier alpha value is -2.06. The number of rotatable bonds is 4. The van der Waals surface area contributed by atoms with Crippen LogP contribution in [-0.2, 0) is 11.3 Å². The quantitative estimate of drug-likeness (QED) is 0.716. The van der Waals surface area contributed by atoms with Gasteiger partial charge in [-0.05, 0) is 26.2 Å². The fourth-order valence-corrected chi connectivity index (χ4v) is 4.97. The molecule has 1 aliphatic heterocycles. The van der Waals surface area contributed by atoms with Crippen molar-refractivity contribution in [2.24, 2.45) is 5.41 Å². The lowest BCUT2D eigenvalue weighted by Gasteiger charge is -2.55. The van der Waals surface area contributed by atoms with Crippen molar-refractivity contribution in [2.45, 2.75) is 57.6 Å². The molecule has 1 amide bonds. The van der Waals surface area contributed by atoms with Gasteiger partial charge >= 0.3 is 12.1 Å². The maximum Gasteiger partial charge on any atom is 0.407 e. The van der Waals surface area contributed by atoms with Crippen LogP contribution in [0.3, 0.4) is 0 Å². The molecule has 8 nitrogen and oxygen atoms in total. The Labute approximate surface area is 174 Å². The van der Waals surface area contributed by atoms with E-state index in [0.717, 1.165) is 25.3 Å². The number of amides is 1. The number of carbonyl (C=O) groups excluding carboxylic acids is 1. The molecule has 29 heavy (non-hydrogen) atoms. The molecule has 0 aromatic carbocycles. The Morgan fingerprint density at radius 1 is 1.24 bits per heavy atom. The molecule has 9 heteroatoms. The van der Waals surface area contributed by atoms with Crippen LogP contribution in [0.25, 0.3) is 0 Å². The number of ether oxygens (including phenoxy) is 1. The van der Waals surface area contributed by atoms with E-state index in [9.17, 15) is 24.6 Å². The summed E-state index contributed by atoms with van der Waals surface area (Å²) < 4.78 is 6.29. The third-order valence-corrected chi connectivity index (χ3v) is 6.67. The van der Waals surface area contributed by atoms with Gasteiger partial charge in [0.25, 0.3) is 5.56 Å². The van der Waals surface area contributed by atoms with Crippen LogP contribution in [0.2, 0.25) is 5.02 Å². The molecular formula is C20H27ClN2O6. The SMILES string of the molecule is CCOC(=O)c1cn(CC2(O)CCN(C(=O)O)CC23CCCCC3)c(=O)cc1Cl. The summed E-state index contributed by atoms with van der Waals surface area (Å²) >= 11 is 6.06. The number of nitrogens with zero attached hydrogens (tertiary/aromatic N) is 2. The lowest BCUT2D eigenvalue weighted by molar-refractivity contribution is -0.154. The van der Waals surface area contributed by atoms with Gasteiger partial charge in [-0.3, -0.25) is 4.79 Å². The molecule has 1 aromatic rings. The van der Waals surface area contributed by atoms with E-state index in [4.69, 9.17) is 16.3 Å². The van der Waals surface area contributed by atoms with Crippen molar-refractivity contribution in [3.8, 4) is 0 Å². The second kappa shape index (κ2) is 8.36. The number of carbonyl (C=O) groups is 2. The number of hydrogen-bond acceptors (Lipinski definition) is 5. The van der Waals surface area contributed by atoms with E-state index in [0.29, 0.717) is 12.8 Å². The molecule has 2 aliphatic rings. The normalized spacial score (nSPS) is 23.8. The molecule has 1 saturated carbocycles. The number of aliphatic hydroxyl groups is 1. The summed E-state index contributed by atoms with van der Waals surface area (Å²) in [7, 11) is 0. The van der Waals surface area contributed by atoms with E-state index in [1.54, 1.807) is 6.92 Å². The first kappa shape index (κ1) is 21.6. The maximum atomic E-state index is 12.5. The number of esters is 1. The van der Waals surface area contributed by atoms with Crippen LogP contribution in [0.1, 0.15) is 55.8 Å². The zero-order chi connectivity index (χ0) is 21.2. The van der Waals surface area contributed by atoms with Crippen LogP contribution in [0.15, 0.2) is 17.1 Å². The van der Waals surface area contributed by atoms with E-state index in [1.807, 2.05) is 0 Å². The summed E-state index contributed by atoms with van der Waals surface area (Å²) in [5, 5.41) is 21.2. The van der Waals surface area contributed by atoms with Gasteiger partial charge in [0.15, 0.2) is 0 Å². The molecule has 0 radical (unpaired) electrons. The van der Waals surface area contributed by atoms with Crippen LogP contribution >= 0.6 is 11.6 Å². The van der Waals surface area contributed by atoms with Crippen LogP contribution in [0.4, 0.5) is 4.79 Å². The molecule has 1 spiro atoms. The van der Waals surface area contributed by atoms with Gasteiger partial charge in [0.2, 0.25) is 0 Å². The van der Waals surface area contributed by atoms with E-state index in [-0.39, 0.29) is 43.2 Å². The smallest absolute Gasteiger partial charge is 0.407 e. The van der Waals surface area contributed by atoms with Gasteiger partial charge in [-0.15, -0.1) is 0 Å². The maximum absolute atomic E-state index is 12.5. The van der Waals surface area contributed by atoms with E-state index >= 15 is 0 Å². The Bertz CT molecular complexity index is 848. The molecule has 2 N–H and O–H groups in total. The second-order valence-corrected chi connectivity index (χ2v) is 8.46. The summed E-state index contributed by atoms with van der Waals surface area (Å²) in [5.41, 5.74) is -2.24. The number of carboxylic acid groups (broad SMARTS) is 1. The summed E-state index contributed by atoms with van der Waals surface area (Å²) in [6.45, 7) is 2.26. The first-order chi connectivity index (χ1) is 13.7. The summed E-state index contributed by atoms with van der Waals surface area (Å²) in [5.74, 6) is -0.633. The average Bonchev–Trinajstić information content (AvgIpc) is 2.67. The van der Waals surface area contributed by atoms with Crippen LogP contribution in [0, 0.1) is 5.41 Å². The Morgan fingerprint density at radius 3 is 2.55 bits per heavy atom. The monoisotopic (exact) mass is 426 g/mol. The molecule has 0 bridgehead atoms. The molecule has 1 saturated heterocycles. The van der Waals surface area contributed by atoms with Crippen molar-refractivity contribution in [1.29, 1.82) is 0 Å². The fraction of sp³-hybridized carbons (Fsp3) is 0.650. The number of piperidine rings is 1. The van der Waals surface area contributed by atoms with Gasteiger partial charge in [0.1, 0.15) is 0 Å². The minimum absolute atomic E-state index is 0.00441. The van der Waals surface area contributed by atoms with Gasteiger partial charge in [-0.1, -0.05) is 30.9 Å². The summed E-state index contributed by atoms with van der Waals surface area (Å²) in [6.07, 6.45) is 4.80. The van der Waals surface area contributed by atoms with Crippen molar-refractivity contribution in [2.75, 3.05) is 19.7 Å². The van der Waals surface area contributed by atoms with E-state index in [2.05, 4.69) is 0 Å². The highest BCUT2D eigenvalue weighted by Crippen LogP contribution is 2.50. The Morgan fingerprint density at radius 2 is 1.93 bits per heavy atom. The van der Waals surface area contributed by atoms with Gasteiger partial charge < -0.3 is 24.4 Å². The summed E-state index contributed by atoms with van der Waals surface area (Å²) in [6, 6.07) is 1.15. The molecule has 1 unspecified atom stereocenters. The topological polar surface area (TPSA) is 109 Å². The molecule has 3 rings (SSSR count). The lowest BCUT2D eigenvalue weighted by atomic mass is 9.60. The molecule has 1 aliphatic carbocycles. The van der Waals surface area contributed by atoms with Crippen molar-refractivity contribution in [3.63, 3.8) is 0 Å². The van der Waals surface area contributed by atoms with Crippen molar-refractivity contribution < 1.29 is 24.5 Å². The highest BCUT2D eigenvalue weighted by molar-refractivity contribution is 6.33. The molecule has 160 valence electrons.